The minimum Gasteiger partial charge on any atom is -0.467 e. The Morgan fingerprint density at radius 2 is 2.17 bits per heavy atom. The molecular weight excluding hydrogens is 344 g/mol. The summed E-state index contributed by atoms with van der Waals surface area (Å²) < 4.78 is 13.3. The van der Waals surface area contributed by atoms with Crippen LogP contribution in [0.3, 0.4) is 0 Å². The Labute approximate surface area is 149 Å². The summed E-state index contributed by atoms with van der Waals surface area (Å²) in [6.07, 6.45) is 0. The number of para-hydroxylation sites is 2. The van der Waals surface area contributed by atoms with E-state index in [4.69, 9.17) is 26.1 Å². The van der Waals surface area contributed by atoms with Crippen molar-refractivity contribution in [3.05, 3.63) is 52.5 Å². The van der Waals surface area contributed by atoms with E-state index in [2.05, 4.69) is 17.6 Å². The van der Waals surface area contributed by atoms with Gasteiger partial charge in [-0.3, -0.25) is 0 Å². The van der Waals surface area contributed by atoms with E-state index in [9.17, 15) is 0 Å². The largest absolute Gasteiger partial charge is 0.467 e. The fourth-order valence-electron chi connectivity index (χ4n) is 2.98. The molecule has 1 aromatic heterocycles. The number of nitrogens with zero attached hydrogens (tertiary/aromatic N) is 2. The summed E-state index contributed by atoms with van der Waals surface area (Å²) in [5.41, 5.74) is 4.29. The first-order valence-corrected chi connectivity index (χ1v) is 9.22. The van der Waals surface area contributed by atoms with Crippen molar-refractivity contribution in [1.29, 1.82) is 0 Å². The third-order valence-corrected chi connectivity index (χ3v) is 5.29. The number of hydrogen-bond acceptors (Lipinski definition) is 4. The monoisotopic (exact) mass is 360 g/mol. The first kappa shape index (κ1) is 15.8. The van der Waals surface area contributed by atoms with Crippen LogP contribution in [0, 0.1) is 0 Å². The van der Waals surface area contributed by atoms with Crippen LogP contribution in [0.1, 0.15) is 18.1 Å². The summed E-state index contributed by atoms with van der Waals surface area (Å²) in [7, 11) is 0. The number of aromatic nitrogens is 2. The van der Waals surface area contributed by atoms with Gasteiger partial charge in [0.15, 0.2) is 11.9 Å². The van der Waals surface area contributed by atoms with E-state index in [1.54, 1.807) is 11.8 Å². The van der Waals surface area contributed by atoms with E-state index in [1.165, 1.54) is 5.52 Å². The molecule has 2 heterocycles. The summed E-state index contributed by atoms with van der Waals surface area (Å²) >= 11 is 7.95. The normalized spacial score (nSPS) is 13.8. The Morgan fingerprint density at radius 1 is 1.29 bits per heavy atom. The standard InChI is InChI=1S/C18H17ClN2O2S/c1-2-21-16-6-4-3-5-15(16)20-18(21)24-10-13-8-14(19)7-12-9-22-11-23-17(12)13/h3-8H,2,9-11H2,1H3. The minimum atomic E-state index is 0.291. The second kappa shape index (κ2) is 6.67. The Bertz CT molecular complexity index is 894. The molecule has 2 aromatic carbocycles. The van der Waals surface area contributed by atoms with Crippen molar-refractivity contribution in [2.45, 2.75) is 31.0 Å². The summed E-state index contributed by atoms with van der Waals surface area (Å²) in [4.78, 5) is 4.76. The Hall–Kier alpha value is -1.69. The lowest BCUT2D eigenvalue weighted by Crippen LogP contribution is -2.13. The highest BCUT2D eigenvalue weighted by atomic mass is 35.5. The van der Waals surface area contributed by atoms with Gasteiger partial charge in [-0.05, 0) is 31.2 Å². The third-order valence-electron chi connectivity index (χ3n) is 4.04. The molecule has 4 rings (SSSR count). The van der Waals surface area contributed by atoms with E-state index in [-0.39, 0.29) is 0 Å². The van der Waals surface area contributed by atoms with E-state index >= 15 is 0 Å². The van der Waals surface area contributed by atoms with Crippen LogP contribution in [0.2, 0.25) is 5.02 Å². The summed E-state index contributed by atoms with van der Waals surface area (Å²) in [6, 6.07) is 12.1. The molecule has 4 nitrogen and oxygen atoms in total. The molecule has 0 N–H and O–H groups in total. The molecule has 0 atom stereocenters. The molecular formula is C18H17ClN2O2S. The molecule has 0 unspecified atom stereocenters. The number of hydrogen-bond donors (Lipinski definition) is 0. The van der Waals surface area contributed by atoms with Gasteiger partial charge in [0.1, 0.15) is 5.75 Å². The summed E-state index contributed by atoms with van der Waals surface area (Å²) in [6.45, 7) is 3.86. The van der Waals surface area contributed by atoms with E-state index in [0.29, 0.717) is 18.4 Å². The molecule has 0 radical (unpaired) electrons. The van der Waals surface area contributed by atoms with Gasteiger partial charge in [-0.1, -0.05) is 35.5 Å². The molecule has 0 saturated heterocycles. The fourth-order valence-corrected chi connectivity index (χ4v) is 4.28. The maximum atomic E-state index is 6.25. The second-order valence-electron chi connectivity index (χ2n) is 5.58. The van der Waals surface area contributed by atoms with Crippen molar-refractivity contribution >= 4 is 34.4 Å². The second-order valence-corrected chi connectivity index (χ2v) is 6.96. The predicted molar refractivity (Wildman–Crippen MR) is 96.7 cm³/mol. The van der Waals surface area contributed by atoms with Crippen molar-refractivity contribution in [2.75, 3.05) is 6.79 Å². The summed E-state index contributed by atoms with van der Waals surface area (Å²) in [5.74, 6) is 1.66. The number of fused-ring (bicyclic) bond motifs is 2. The average Bonchev–Trinajstić information content (AvgIpc) is 2.97. The Balaban J connectivity index is 1.65. The van der Waals surface area contributed by atoms with Crippen molar-refractivity contribution in [2.24, 2.45) is 0 Å². The smallest absolute Gasteiger partial charge is 0.189 e. The van der Waals surface area contributed by atoms with Crippen molar-refractivity contribution < 1.29 is 9.47 Å². The molecule has 0 spiro atoms. The van der Waals surface area contributed by atoms with Gasteiger partial charge in [0.05, 0.1) is 17.6 Å². The van der Waals surface area contributed by atoms with Gasteiger partial charge in [0.2, 0.25) is 0 Å². The van der Waals surface area contributed by atoms with E-state index in [0.717, 1.165) is 39.8 Å². The molecule has 1 aliphatic heterocycles. The number of thioether (sulfide) groups is 1. The number of ether oxygens (including phenoxy) is 2. The third kappa shape index (κ3) is 2.88. The van der Waals surface area contributed by atoms with Crippen LogP contribution < -0.4 is 4.74 Å². The zero-order chi connectivity index (χ0) is 16.5. The van der Waals surface area contributed by atoms with Crippen molar-refractivity contribution in [3.63, 3.8) is 0 Å². The van der Waals surface area contributed by atoms with Gasteiger partial charge in [0, 0.05) is 28.4 Å². The van der Waals surface area contributed by atoms with Crippen LogP contribution in [0.4, 0.5) is 0 Å². The molecule has 6 heteroatoms. The fraction of sp³-hybridized carbons (Fsp3) is 0.278. The number of halogens is 1. The lowest BCUT2D eigenvalue weighted by Gasteiger charge is -2.21. The Kier molecular flexibility index (Phi) is 4.39. The van der Waals surface area contributed by atoms with Gasteiger partial charge in [-0.15, -0.1) is 0 Å². The number of rotatable bonds is 4. The average molecular weight is 361 g/mol. The van der Waals surface area contributed by atoms with Crippen LogP contribution in [0.25, 0.3) is 11.0 Å². The summed E-state index contributed by atoms with van der Waals surface area (Å²) in [5, 5.41) is 1.72. The van der Waals surface area contributed by atoms with Crippen LogP contribution in [0.5, 0.6) is 5.75 Å². The highest BCUT2D eigenvalue weighted by Gasteiger charge is 2.18. The van der Waals surface area contributed by atoms with Crippen LogP contribution in [0.15, 0.2) is 41.6 Å². The Morgan fingerprint density at radius 3 is 3.04 bits per heavy atom. The highest BCUT2D eigenvalue weighted by molar-refractivity contribution is 7.98. The lowest BCUT2D eigenvalue weighted by molar-refractivity contribution is -0.0168. The van der Waals surface area contributed by atoms with Gasteiger partial charge in [-0.2, -0.15) is 0 Å². The van der Waals surface area contributed by atoms with Gasteiger partial charge in [0.25, 0.3) is 0 Å². The van der Waals surface area contributed by atoms with Crippen molar-refractivity contribution in [3.8, 4) is 5.75 Å². The van der Waals surface area contributed by atoms with E-state index in [1.807, 2.05) is 30.3 Å². The maximum absolute atomic E-state index is 6.25. The number of imidazole rings is 1. The molecule has 0 amide bonds. The molecule has 1 aliphatic rings. The van der Waals surface area contributed by atoms with Crippen LogP contribution in [-0.2, 0) is 23.6 Å². The zero-order valence-corrected chi connectivity index (χ0v) is 14.9. The molecule has 124 valence electrons. The molecule has 0 aliphatic carbocycles. The number of benzene rings is 2. The molecule has 3 aromatic rings. The molecule has 0 bridgehead atoms. The van der Waals surface area contributed by atoms with Crippen LogP contribution in [-0.4, -0.2) is 16.3 Å². The molecule has 0 saturated carbocycles. The quantitative estimate of drug-likeness (QED) is 0.622. The molecule has 24 heavy (non-hydrogen) atoms. The van der Waals surface area contributed by atoms with Gasteiger partial charge >= 0.3 is 0 Å². The highest BCUT2D eigenvalue weighted by Crippen LogP contribution is 2.36. The van der Waals surface area contributed by atoms with Crippen molar-refractivity contribution in [1.82, 2.24) is 9.55 Å². The van der Waals surface area contributed by atoms with E-state index < -0.39 is 0 Å². The first-order chi connectivity index (χ1) is 11.8. The lowest BCUT2D eigenvalue weighted by atomic mass is 10.1. The predicted octanol–water partition coefficient (Wildman–Crippen LogP) is 4.87. The first-order valence-electron chi connectivity index (χ1n) is 7.86. The van der Waals surface area contributed by atoms with Gasteiger partial charge in [-0.25, -0.2) is 4.98 Å². The topological polar surface area (TPSA) is 36.3 Å². The number of aryl methyl sites for hydroxylation is 1. The SMILES string of the molecule is CCn1c(SCc2cc(Cl)cc3c2OCOC3)nc2ccccc21. The maximum Gasteiger partial charge on any atom is 0.189 e. The van der Waals surface area contributed by atoms with Crippen LogP contribution >= 0.6 is 23.4 Å². The molecule has 0 fully saturated rings. The minimum absolute atomic E-state index is 0.291. The van der Waals surface area contributed by atoms with Gasteiger partial charge < -0.3 is 14.0 Å². The zero-order valence-electron chi connectivity index (χ0n) is 13.3.